The van der Waals surface area contributed by atoms with Crippen molar-refractivity contribution in [1.29, 1.82) is 0 Å². The van der Waals surface area contributed by atoms with E-state index in [0.717, 1.165) is 19.3 Å². The normalized spacial score (nSPS) is 19.5. The SMILES string of the molecule is CCC(C)[C@H](NC(=O)NCC1CCCCC1)C(=O)O. The Labute approximate surface area is 115 Å². The number of amides is 2. The van der Waals surface area contributed by atoms with Crippen LogP contribution in [0.4, 0.5) is 4.79 Å². The van der Waals surface area contributed by atoms with E-state index in [1.807, 2.05) is 13.8 Å². The molecule has 1 unspecified atom stereocenters. The van der Waals surface area contributed by atoms with E-state index in [1.165, 1.54) is 19.3 Å². The van der Waals surface area contributed by atoms with Crippen LogP contribution in [0.25, 0.3) is 0 Å². The first kappa shape index (κ1) is 15.8. The minimum atomic E-state index is -0.970. The molecule has 3 N–H and O–H groups in total. The molecule has 2 atom stereocenters. The van der Waals surface area contributed by atoms with Gasteiger partial charge in [0, 0.05) is 6.54 Å². The second-order valence-corrected chi connectivity index (χ2v) is 5.56. The Balaban J connectivity index is 2.33. The Hall–Kier alpha value is -1.26. The van der Waals surface area contributed by atoms with E-state index in [0.29, 0.717) is 12.5 Å². The molecule has 0 aromatic carbocycles. The molecule has 0 heterocycles. The number of carbonyl (C=O) groups excluding carboxylic acids is 1. The Bertz CT molecular complexity index is 301. The van der Waals surface area contributed by atoms with E-state index in [4.69, 9.17) is 5.11 Å². The number of hydrogen-bond acceptors (Lipinski definition) is 2. The third-order valence-corrected chi connectivity index (χ3v) is 4.04. The van der Waals surface area contributed by atoms with E-state index in [9.17, 15) is 9.59 Å². The third kappa shape index (κ3) is 5.49. The lowest BCUT2D eigenvalue weighted by Gasteiger charge is -2.24. The van der Waals surface area contributed by atoms with Crippen LogP contribution >= 0.6 is 0 Å². The highest BCUT2D eigenvalue weighted by Crippen LogP contribution is 2.22. The summed E-state index contributed by atoms with van der Waals surface area (Å²) in [7, 11) is 0. The molecule has 1 saturated carbocycles. The molecule has 0 aliphatic heterocycles. The van der Waals surface area contributed by atoms with Crippen molar-refractivity contribution in [3.63, 3.8) is 0 Å². The summed E-state index contributed by atoms with van der Waals surface area (Å²) in [5, 5.41) is 14.5. The Morgan fingerprint density at radius 1 is 1.26 bits per heavy atom. The van der Waals surface area contributed by atoms with Gasteiger partial charge in [-0.3, -0.25) is 0 Å². The Kier molecular flexibility index (Phi) is 6.67. The highest BCUT2D eigenvalue weighted by molar-refractivity contribution is 5.82. The van der Waals surface area contributed by atoms with E-state index >= 15 is 0 Å². The summed E-state index contributed by atoms with van der Waals surface area (Å²) in [6, 6.07) is -1.17. The summed E-state index contributed by atoms with van der Waals surface area (Å²) in [5.41, 5.74) is 0. The van der Waals surface area contributed by atoms with Crippen LogP contribution in [0.3, 0.4) is 0 Å². The van der Waals surface area contributed by atoms with Gasteiger partial charge in [0.2, 0.25) is 0 Å². The second kappa shape index (κ2) is 8.02. The summed E-state index contributed by atoms with van der Waals surface area (Å²) >= 11 is 0. The van der Waals surface area contributed by atoms with Gasteiger partial charge in [-0.1, -0.05) is 39.5 Å². The van der Waals surface area contributed by atoms with Crippen molar-refractivity contribution in [2.45, 2.75) is 58.4 Å². The summed E-state index contributed by atoms with van der Waals surface area (Å²) in [5.74, 6) is -0.494. The highest BCUT2D eigenvalue weighted by Gasteiger charge is 2.25. The number of urea groups is 1. The molecule has 19 heavy (non-hydrogen) atoms. The zero-order valence-electron chi connectivity index (χ0n) is 11.9. The molecule has 0 radical (unpaired) electrons. The summed E-state index contributed by atoms with van der Waals surface area (Å²) in [6.45, 7) is 4.40. The lowest BCUT2D eigenvalue weighted by atomic mass is 9.89. The maximum Gasteiger partial charge on any atom is 0.326 e. The fraction of sp³-hybridized carbons (Fsp3) is 0.857. The molecular weight excluding hydrogens is 244 g/mol. The minimum absolute atomic E-state index is 0.0714. The topological polar surface area (TPSA) is 78.4 Å². The average Bonchev–Trinajstić information content (AvgIpc) is 2.42. The van der Waals surface area contributed by atoms with Crippen molar-refractivity contribution in [3.05, 3.63) is 0 Å². The van der Waals surface area contributed by atoms with E-state index in [1.54, 1.807) is 0 Å². The third-order valence-electron chi connectivity index (χ3n) is 4.04. The van der Waals surface area contributed by atoms with Crippen molar-refractivity contribution in [2.24, 2.45) is 11.8 Å². The number of nitrogens with one attached hydrogen (secondary N) is 2. The molecule has 1 aliphatic rings. The number of hydrogen-bond donors (Lipinski definition) is 3. The van der Waals surface area contributed by atoms with Gasteiger partial charge >= 0.3 is 12.0 Å². The van der Waals surface area contributed by atoms with Crippen molar-refractivity contribution >= 4 is 12.0 Å². The minimum Gasteiger partial charge on any atom is -0.480 e. The zero-order chi connectivity index (χ0) is 14.3. The van der Waals surface area contributed by atoms with Crippen LogP contribution in [0.2, 0.25) is 0 Å². The maximum atomic E-state index is 11.7. The smallest absolute Gasteiger partial charge is 0.326 e. The van der Waals surface area contributed by atoms with E-state index < -0.39 is 12.0 Å². The van der Waals surface area contributed by atoms with Crippen molar-refractivity contribution < 1.29 is 14.7 Å². The molecule has 2 amide bonds. The van der Waals surface area contributed by atoms with Crippen molar-refractivity contribution in [1.82, 2.24) is 10.6 Å². The van der Waals surface area contributed by atoms with E-state index in [-0.39, 0.29) is 11.9 Å². The lowest BCUT2D eigenvalue weighted by Crippen LogP contribution is -2.49. The van der Waals surface area contributed by atoms with Crippen molar-refractivity contribution in [2.75, 3.05) is 6.54 Å². The molecule has 5 nitrogen and oxygen atoms in total. The fourth-order valence-corrected chi connectivity index (χ4v) is 2.50. The molecular formula is C14H26N2O3. The molecule has 5 heteroatoms. The van der Waals surface area contributed by atoms with Gasteiger partial charge in [-0.15, -0.1) is 0 Å². The summed E-state index contributed by atoms with van der Waals surface area (Å²) in [6.07, 6.45) is 6.80. The van der Waals surface area contributed by atoms with E-state index in [2.05, 4.69) is 10.6 Å². The second-order valence-electron chi connectivity index (χ2n) is 5.56. The van der Waals surface area contributed by atoms with Gasteiger partial charge in [0.15, 0.2) is 0 Å². The maximum absolute atomic E-state index is 11.7. The molecule has 0 aromatic rings. The Morgan fingerprint density at radius 2 is 1.89 bits per heavy atom. The van der Waals surface area contributed by atoms with Gasteiger partial charge in [0.25, 0.3) is 0 Å². The molecule has 110 valence electrons. The van der Waals surface area contributed by atoms with Crippen LogP contribution < -0.4 is 10.6 Å². The molecule has 0 bridgehead atoms. The zero-order valence-corrected chi connectivity index (χ0v) is 11.9. The standard InChI is InChI=1S/C14H26N2O3/c1-3-10(2)12(13(17)18)16-14(19)15-9-11-7-5-4-6-8-11/h10-12H,3-9H2,1-2H3,(H,17,18)(H2,15,16,19)/t10?,12-/m0/s1. The van der Waals surface area contributed by atoms with Crippen molar-refractivity contribution in [3.8, 4) is 0 Å². The highest BCUT2D eigenvalue weighted by atomic mass is 16.4. The molecule has 0 aromatic heterocycles. The molecule has 0 saturated heterocycles. The van der Waals surface area contributed by atoms with Crippen LogP contribution in [0, 0.1) is 11.8 Å². The largest absolute Gasteiger partial charge is 0.480 e. The van der Waals surface area contributed by atoms with Crippen LogP contribution in [-0.4, -0.2) is 29.7 Å². The van der Waals surface area contributed by atoms with Crippen LogP contribution in [0.1, 0.15) is 52.4 Å². The predicted molar refractivity (Wildman–Crippen MR) is 74.0 cm³/mol. The van der Waals surface area contributed by atoms with Gasteiger partial charge < -0.3 is 15.7 Å². The molecule has 1 fully saturated rings. The van der Waals surface area contributed by atoms with Crippen LogP contribution in [-0.2, 0) is 4.79 Å². The van der Waals surface area contributed by atoms with Crippen LogP contribution in [0.5, 0.6) is 0 Å². The van der Waals surface area contributed by atoms with Crippen LogP contribution in [0.15, 0.2) is 0 Å². The number of carbonyl (C=O) groups is 2. The number of rotatable bonds is 6. The molecule has 0 spiro atoms. The van der Waals surface area contributed by atoms with Gasteiger partial charge in [0.05, 0.1) is 0 Å². The number of aliphatic carboxylic acids is 1. The quantitative estimate of drug-likeness (QED) is 0.693. The first-order valence-corrected chi connectivity index (χ1v) is 7.31. The Morgan fingerprint density at radius 3 is 2.42 bits per heavy atom. The summed E-state index contributed by atoms with van der Waals surface area (Å²) < 4.78 is 0. The van der Waals surface area contributed by atoms with Gasteiger partial charge in [-0.25, -0.2) is 9.59 Å². The van der Waals surface area contributed by atoms with Gasteiger partial charge in [-0.05, 0) is 24.7 Å². The summed E-state index contributed by atoms with van der Waals surface area (Å²) in [4.78, 5) is 22.8. The lowest BCUT2D eigenvalue weighted by molar-refractivity contribution is -0.140. The van der Waals surface area contributed by atoms with Gasteiger partial charge in [0.1, 0.15) is 6.04 Å². The number of carboxylic acid groups (broad SMARTS) is 1. The molecule has 1 aliphatic carbocycles. The predicted octanol–water partition coefficient (Wildman–Crippen LogP) is 2.37. The first-order valence-electron chi connectivity index (χ1n) is 7.31. The fourth-order valence-electron chi connectivity index (χ4n) is 2.50. The average molecular weight is 270 g/mol. The molecule has 1 rings (SSSR count). The number of carboxylic acids is 1. The first-order chi connectivity index (χ1) is 9.04. The van der Waals surface area contributed by atoms with Gasteiger partial charge in [-0.2, -0.15) is 0 Å². The monoisotopic (exact) mass is 270 g/mol.